The Hall–Kier alpha value is -0.940. The van der Waals surface area contributed by atoms with Crippen LogP contribution in [0.3, 0.4) is 0 Å². The first-order chi connectivity index (χ1) is 8.98. The number of hydrogen-bond donors (Lipinski definition) is 0. The summed E-state index contributed by atoms with van der Waals surface area (Å²) in [6, 6.07) is 4.89. The van der Waals surface area contributed by atoms with Gasteiger partial charge in [0, 0.05) is 12.6 Å². The number of hydrogen-bond acceptors (Lipinski definition) is 5. The van der Waals surface area contributed by atoms with E-state index < -0.39 is 10.0 Å². The van der Waals surface area contributed by atoms with E-state index in [1.807, 2.05) is 19.9 Å². The number of rotatable bonds is 3. The highest BCUT2D eigenvalue weighted by Crippen LogP contribution is 2.28. The summed E-state index contributed by atoms with van der Waals surface area (Å²) in [5.74, 6) is 0. The molecule has 0 N–H and O–H groups in total. The van der Waals surface area contributed by atoms with Gasteiger partial charge < -0.3 is 4.74 Å². The molecular weight excluding hydrogens is 284 g/mol. The van der Waals surface area contributed by atoms with Crippen LogP contribution in [-0.4, -0.2) is 38.0 Å². The van der Waals surface area contributed by atoms with Crippen molar-refractivity contribution in [3.05, 3.63) is 17.0 Å². The van der Waals surface area contributed by atoms with Crippen LogP contribution in [0, 0.1) is 11.3 Å². The minimum atomic E-state index is -3.52. The zero-order valence-electron chi connectivity index (χ0n) is 10.9. The first kappa shape index (κ1) is 14.5. The molecule has 1 aromatic rings. The minimum absolute atomic E-state index is 0.104. The second kappa shape index (κ2) is 5.59. The summed E-state index contributed by atoms with van der Waals surface area (Å²) in [5, 5.41) is 8.80. The van der Waals surface area contributed by atoms with E-state index >= 15 is 0 Å². The summed E-state index contributed by atoms with van der Waals surface area (Å²) in [4.78, 5) is 0.410. The average Bonchev–Trinajstić information content (AvgIpc) is 2.88. The van der Waals surface area contributed by atoms with Gasteiger partial charge in [-0.25, -0.2) is 8.42 Å². The van der Waals surface area contributed by atoms with Gasteiger partial charge in [0.1, 0.15) is 15.2 Å². The fourth-order valence-electron chi connectivity index (χ4n) is 2.06. The zero-order chi connectivity index (χ0) is 14.0. The molecule has 1 aliphatic rings. The van der Waals surface area contributed by atoms with Gasteiger partial charge in [-0.2, -0.15) is 9.57 Å². The Balaban J connectivity index is 2.34. The maximum absolute atomic E-state index is 12.6. The Morgan fingerprint density at radius 3 is 2.89 bits per heavy atom. The van der Waals surface area contributed by atoms with Gasteiger partial charge in [0.15, 0.2) is 0 Å². The zero-order valence-corrected chi connectivity index (χ0v) is 12.5. The van der Waals surface area contributed by atoms with Crippen LogP contribution in [0.25, 0.3) is 0 Å². The van der Waals surface area contributed by atoms with E-state index in [0.29, 0.717) is 24.4 Å². The fraction of sp³-hybridized carbons (Fsp3) is 0.583. The van der Waals surface area contributed by atoms with Crippen LogP contribution >= 0.6 is 11.3 Å². The molecule has 2 atom stereocenters. The predicted octanol–water partition coefficient (Wildman–Crippen LogP) is 1.81. The van der Waals surface area contributed by atoms with Gasteiger partial charge in [-0.1, -0.05) is 6.92 Å². The third kappa shape index (κ3) is 2.82. The lowest BCUT2D eigenvalue weighted by atomic mass is 10.2. The Bertz CT molecular complexity index is 588. The van der Waals surface area contributed by atoms with E-state index in [1.54, 1.807) is 6.07 Å². The van der Waals surface area contributed by atoms with Crippen molar-refractivity contribution in [1.29, 1.82) is 5.26 Å². The number of thiophene rings is 1. The standard InChI is InChI=1S/C12H16N2O3S2/c1-3-10-8-17-9(2)7-14(10)19(15,16)12-5-4-11(6-13)18-12/h4-5,9-10H,3,7-8H2,1-2H3. The molecule has 2 unspecified atom stereocenters. The first-order valence-corrected chi connectivity index (χ1v) is 8.38. The van der Waals surface area contributed by atoms with E-state index in [1.165, 1.54) is 10.4 Å². The van der Waals surface area contributed by atoms with E-state index in [-0.39, 0.29) is 16.4 Å². The van der Waals surface area contributed by atoms with Crippen molar-refractivity contribution in [2.45, 2.75) is 36.6 Å². The Kier molecular flexibility index (Phi) is 4.26. The van der Waals surface area contributed by atoms with Crippen LogP contribution in [0.5, 0.6) is 0 Å². The molecule has 0 radical (unpaired) electrons. The summed E-state index contributed by atoms with van der Waals surface area (Å²) in [5.41, 5.74) is 0. The summed E-state index contributed by atoms with van der Waals surface area (Å²) in [7, 11) is -3.52. The summed E-state index contributed by atoms with van der Waals surface area (Å²) >= 11 is 1.02. The predicted molar refractivity (Wildman–Crippen MR) is 72.4 cm³/mol. The molecule has 2 heterocycles. The molecule has 0 aliphatic carbocycles. The van der Waals surface area contributed by atoms with Gasteiger partial charge in [0.05, 0.1) is 12.7 Å². The van der Waals surface area contributed by atoms with Crippen molar-refractivity contribution in [3.63, 3.8) is 0 Å². The van der Waals surface area contributed by atoms with Crippen LogP contribution in [0.15, 0.2) is 16.3 Å². The molecule has 2 rings (SSSR count). The largest absolute Gasteiger partial charge is 0.375 e. The summed E-state index contributed by atoms with van der Waals surface area (Å²) < 4.78 is 32.5. The van der Waals surface area contributed by atoms with Gasteiger partial charge in [0.2, 0.25) is 0 Å². The van der Waals surface area contributed by atoms with Gasteiger partial charge in [-0.15, -0.1) is 11.3 Å². The Labute approximate surface area is 117 Å². The molecule has 0 saturated carbocycles. The van der Waals surface area contributed by atoms with Crippen molar-refractivity contribution in [3.8, 4) is 6.07 Å². The minimum Gasteiger partial charge on any atom is -0.375 e. The van der Waals surface area contributed by atoms with Gasteiger partial charge in [-0.3, -0.25) is 0 Å². The van der Waals surface area contributed by atoms with Crippen LogP contribution in [0.4, 0.5) is 0 Å². The van der Waals surface area contributed by atoms with Crippen LogP contribution in [0.1, 0.15) is 25.1 Å². The highest BCUT2D eigenvalue weighted by atomic mass is 32.2. The molecule has 0 spiro atoms. The van der Waals surface area contributed by atoms with Crippen molar-refractivity contribution in [2.24, 2.45) is 0 Å². The van der Waals surface area contributed by atoms with Gasteiger partial charge in [-0.05, 0) is 25.5 Å². The average molecular weight is 300 g/mol. The molecule has 7 heteroatoms. The quantitative estimate of drug-likeness (QED) is 0.853. The number of morpholine rings is 1. The van der Waals surface area contributed by atoms with Crippen LogP contribution in [0.2, 0.25) is 0 Å². The maximum Gasteiger partial charge on any atom is 0.253 e. The number of nitrogens with zero attached hydrogens (tertiary/aromatic N) is 2. The van der Waals surface area contributed by atoms with Crippen molar-refractivity contribution >= 4 is 21.4 Å². The first-order valence-electron chi connectivity index (χ1n) is 6.12. The van der Waals surface area contributed by atoms with Crippen molar-refractivity contribution < 1.29 is 13.2 Å². The number of nitriles is 1. The topological polar surface area (TPSA) is 70.4 Å². The Morgan fingerprint density at radius 1 is 1.58 bits per heavy atom. The van der Waals surface area contributed by atoms with E-state index in [2.05, 4.69) is 0 Å². The van der Waals surface area contributed by atoms with Gasteiger partial charge in [0.25, 0.3) is 10.0 Å². The normalized spacial score (nSPS) is 25.1. The lowest BCUT2D eigenvalue weighted by Gasteiger charge is -2.36. The monoisotopic (exact) mass is 300 g/mol. The SMILES string of the molecule is CCC1COC(C)CN1S(=O)(=O)c1ccc(C#N)s1. The lowest BCUT2D eigenvalue weighted by molar-refractivity contribution is -0.0229. The summed E-state index contributed by atoms with van der Waals surface area (Å²) in [6.07, 6.45) is 0.607. The Morgan fingerprint density at radius 2 is 2.32 bits per heavy atom. The van der Waals surface area contributed by atoms with Crippen molar-refractivity contribution in [2.75, 3.05) is 13.2 Å². The second-order valence-corrected chi connectivity index (χ2v) is 7.71. The second-order valence-electron chi connectivity index (χ2n) is 4.51. The van der Waals surface area contributed by atoms with Crippen molar-refractivity contribution in [1.82, 2.24) is 4.31 Å². The lowest BCUT2D eigenvalue weighted by Crippen LogP contribution is -2.50. The molecule has 19 heavy (non-hydrogen) atoms. The molecule has 104 valence electrons. The fourth-order valence-corrected chi connectivity index (χ4v) is 5.06. The van der Waals surface area contributed by atoms with Crippen LogP contribution < -0.4 is 0 Å². The molecule has 1 aliphatic heterocycles. The molecule has 0 amide bonds. The maximum atomic E-state index is 12.6. The van der Waals surface area contributed by atoms with Gasteiger partial charge >= 0.3 is 0 Å². The smallest absolute Gasteiger partial charge is 0.253 e. The molecule has 1 aromatic heterocycles. The third-order valence-corrected chi connectivity index (χ3v) is 6.52. The molecule has 0 aromatic carbocycles. The number of sulfonamides is 1. The van der Waals surface area contributed by atoms with E-state index in [4.69, 9.17) is 10.00 Å². The number of ether oxygens (including phenoxy) is 1. The third-order valence-electron chi connectivity index (χ3n) is 3.14. The molecule has 5 nitrogen and oxygen atoms in total. The summed E-state index contributed by atoms with van der Waals surface area (Å²) in [6.45, 7) is 4.60. The molecule has 1 saturated heterocycles. The molecular formula is C12H16N2O3S2. The molecule has 0 bridgehead atoms. The highest BCUT2D eigenvalue weighted by Gasteiger charge is 2.36. The van der Waals surface area contributed by atoms with E-state index in [9.17, 15) is 8.42 Å². The van der Waals surface area contributed by atoms with E-state index in [0.717, 1.165) is 11.3 Å². The van der Waals surface area contributed by atoms with Crippen LogP contribution in [-0.2, 0) is 14.8 Å². The molecule has 1 fully saturated rings. The highest BCUT2D eigenvalue weighted by molar-refractivity contribution is 7.91.